The number of hydrogen-bond acceptors (Lipinski definition) is 2. The van der Waals surface area contributed by atoms with Crippen LogP contribution in [0.4, 0.5) is 13.2 Å². The zero-order valence-corrected chi connectivity index (χ0v) is 15.3. The highest BCUT2D eigenvalue weighted by Crippen LogP contribution is 2.31. The van der Waals surface area contributed by atoms with Crippen molar-refractivity contribution in [1.29, 1.82) is 0 Å². The van der Waals surface area contributed by atoms with Crippen molar-refractivity contribution < 1.29 is 23.1 Å². The molecule has 3 rings (SSSR count). The van der Waals surface area contributed by atoms with Gasteiger partial charge in [0.2, 0.25) is 0 Å². The molecule has 0 aliphatic rings. The van der Waals surface area contributed by atoms with Crippen LogP contribution in [0.3, 0.4) is 0 Å². The van der Waals surface area contributed by atoms with E-state index in [0.717, 1.165) is 14.7 Å². The molecule has 3 aromatic carbocycles. The van der Waals surface area contributed by atoms with E-state index in [-0.39, 0.29) is 23.9 Å². The molecule has 3 aromatic rings. The molecule has 0 amide bonds. The van der Waals surface area contributed by atoms with Crippen LogP contribution >= 0.6 is 0 Å². The van der Waals surface area contributed by atoms with Crippen LogP contribution in [0.25, 0.3) is 0 Å². The van der Waals surface area contributed by atoms with E-state index in [1.807, 2.05) is 0 Å². The average Bonchev–Trinajstić information content (AvgIpc) is 2.67. The van der Waals surface area contributed by atoms with Crippen molar-refractivity contribution in [2.45, 2.75) is 28.0 Å². The number of carboxylic acids is 1. The summed E-state index contributed by atoms with van der Waals surface area (Å²) in [6, 6.07) is 18.5. The van der Waals surface area contributed by atoms with E-state index in [0.29, 0.717) is 0 Å². The molecule has 0 aromatic heterocycles. The zero-order valence-electron chi connectivity index (χ0n) is 14.5. The van der Waals surface area contributed by atoms with Gasteiger partial charge in [0.05, 0.1) is 10.9 Å². The Morgan fingerprint density at radius 2 is 0.926 bits per heavy atom. The van der Waals surface area contributed by atoms with Crippen molar-refractivity contribution in [3.63, 3.8) is 0 Å². The maximum absolute atomic E-state index is 13.2. The summed E-state index contributed by atoms with van der Waals surface area (Å²) in [6.07, 6.45) is 0.111. The Morgan fingerprint density at radius 1 is 0.704 bits per heavy atom. The van der Waals surface area contributed by atoms with Crippen LogP contribution < -0.4 is 5.11 Å². The first-order valence-electron chi connectivity index (χ1n) is 8.11. The van der Waals surface area contributed by atoms with Gasteiger partial charge in [0, 0.05) is 5.97 Å². The predicted molar refractivity (Wildman–Crippen MR) is 96.7 cm³/mol. The Labute approximate surface area is 158 Å². The summed E-state index contributed by atoms with van der Waals surface area (Å²) < 4.78 is 39.5. The largest absolute Gasteiger partial charge is 0.550 e. The molecule has 0 aliphatic carbocycles. The van der Waals surface area contributed by atoms with Gasteiger partial charge in [-0.1, -0.05) is 6.92 Å². The number of carbonyl (C=O) groups excluding carboxylic acids is 1. The third kappa shape index (κ3) is 6.18. The second-order valence-corrected chi connectivity index (χ2v) is 7.42. The van der Waals surface area contributed by atoms with E-state index in [4.69, 9.17) is 0 Å². The summed E-state index contributed by atoms with van der Waals surface area (Å²) in [7, 11) is -0.539. The highest BCUT2D eigenvalue weighted by Gasteiger charge is 2.28. The summed E-state index contributed by atoms with van der Waals surface area (Å²) in [6.45, 7) is 1.54. The van der Waals surface area contributed by atoms with Gasteiger partial charge in [-0.25, -0.2) is 13.2 Å². The van der Waals surface area contributed by atoms with E-state index in [2.05, 4.69) is 0 Å². The lowest BCUT2D eigenvalue weighted by molar-refractivity contribution is -0.305. The molecule has 0 saturated carbocycles. The van der Waals surface area contributed by atoms with Crippen molar-refractivity contribution in [3.05, 3.63) is 90.2 Å². The minimum absolute atomic E-state index is 0.111. The fourth-order valence-electron chi connectivity index (χ4n) is 2.12. The third-order valence-electron chi connectivity index (χ3n) is 3.44. The molecule has 0 N–H and O–H groups in total. The van der Waals surface area contributed by atoms with E-state index in [1.165, 1.54) is 43.3 Å². The summed E-state index contributed by atoms with van der Waals surface area (Å²) in [5, 5.41) is 9.26. The molecule has 0 atom stereocenters. The number of halogens is 3. The minimum atomic E-state index is -0.995. The van der Waals surface area contributed by atoms with Crippen LogP contribution in [0.2, 0.25) is 0 Å². The van der Waals surface area contributed by atoms with Crippen LogP contribution in [0, 0.1) is 17.5 Å². The van der Waals surface area contributed by atoms with Gasteiger partial charge in [-0.3, -0.25) is 0 Å². The van der Waals surface area contributed by atoms with E-state index in [9.17, 15) is 23.1 Å². The van der Waals surface area contributed by atoms with E-state index >= 15 is 0 Å². The summed E-state index contributed by atoms with van der Waals surface area (Å²) in [5.74, 6) is -1.94. The maximum Gasteiger partial charge on any atom is 0.166 e. The molecular weight excluding hydrogens is 373 g/mol. The Balaban J connectivity index is 0.000000465. The molecule has 140 valence electrons. The number of aliphatic carboxylic acids is 1. The van der Waals surface area contributed by atoms with E-state index in [1.54, 1.807) is 36.4 Å². The zero-order chi connectivity index (χ0) is 19.8. The van der Waals surface area contributed by atoms with Crippen LogP contribution in [-0.4, -0.2) is 5.97 Å². The summed E-state index contributed by atoms with van der Waals surface area (Å²) in [5.41, 5.74) is 0. The molecule has 0 aliphatic heterocycles. The fraction of sp³-hybridized carbons (Fsp3) is 0.0952. The third-order valence-corrected chi connectivity index (χ3v) is 5.67. The van der Waals surface area contributed by atoms with Gasteiger partial charge in [0.15, 0.2) is 14.7 Å². The van der Waals surface area contributed by atoms with Crippen LogP contribution in [0.5, 0.6) is 0 Å². The quantitative estimate of drug-likeness (QED) is 0.622. The highest BCUT2D eigenvalue weighted by molar-refractivity contribution is 7.97. The lowest BCUT2D eigenvalue weighted by atomic mass is 10.3. The molecule has 2 nitrogen and oxygen atoms in total. The van der Waals surface area contributed by atoms with E-state index < -0.39 is 16.9 Å². The molecule has 0 saturated heterocycles. The second-order valence-electron chi connectivity index (χ2n) is 5.39. The van der Waals surface area contributed by atoms with Gasteiger partial charge >= 0.3 is 0 Å². The molecule has 0 radical (unpaired) electrons. The first-order chi connectivity index (χ1) is 12.9. The fourth-order valence-corrected chi connectivity index (χ4v) is 4.16. The average molecular weight is 390 g/mol. The standard InChI is InChI=1S/C18H12F3S.C3H6O2/c19-13-1-7-16(8-2-13)22(17-9-3-14(20)4-10-17)18-11-5-15(21)6-12-18;1-2-3(4)5/h1-12H;2H2,1H3,(H,4,5)/q+1;/p-1. The molecule has 0 unspecified atom stereocenters. The second kappa shape index (κ2) is 9.83. The lowest BCUT2D eigenvalue weighted by Crippen LogP contribution is -2.19. The smallest absolute Gasteiger partial charge is 0.166 e. The van der Waals surface area contributed by atoms with Crippen molar-refractivity contribution in [1.82, 2.24) is 0 Å². The topological polar surface area (TPSA) is 40.1 Å². The van der Waals surface area contributed by atoms with Crippen LogP contribution in [0.1, 0.15) is 13.3 Å². The van der Waals surface area contributed by atoms with Gasteiger partial charge in [-0.05, 0) is 79.2 Å². The van der Waals surface area contributed by atoms with Crippen molar-refractivity contribution in [3.8, 4) is 0 Å². The maximum atomic E-state index is 13.2. The van der Waals surface area contributed by atoms with Gasteiger partial charge in [-0.15, -0.1) is 0 Å². The Kier molecular flexibility index (Phi) is 7.49. The molecular formula is C21H17F3O2S. The molecule has 0 fully saturated rings. The van der Waals surface area contributed by atoms with Gasteiger partial charge in [0.1, 0.15) is 17.5 Å². The lowest BCUT2D eigenvalue weighted by Gasteiger charge is -2.08. The number of hydrogen-bond donors (Lipinski definition) is 0. The van der Waals surface area contributed by atoms with Crippen LogP contribution in [0.15, 0.2) is 87.5 Å². The molecule has 6 heteroatoms. The summed E-state index contributed by atoms with van der Waals surface area (Å²) in [4.78, 5) is 11.9. The Morgan fingerprint density at radius 3 is 1.11 bits per heavy atom. The van der Waals surface area contributed by atoms with Crippen molar-refractivity contribution in [2.75, 3.05) is 0 Å². The predicted octanol–water partition coefficient (Wildman–Crippen LogP) is 4.35. The number of benzene rings is 3. The SMILES string of the molecule is CCC(=O)[O-].Fc1ccc([S+](c2ccc(F)cc2)c2ccc(F)cc2)cc1. The van der Waals surface area contributed by atoms with Gasteiger partial charge < -0.3 is 9.90 Å². The summed E-state index contributed by atoms with van der Waals surface area (Å²) >= 11 is 0. The van der Waals surface area contributed by atoms with Gasteiger partial charge in [-0.2, -0.15) is 0 Å². The normalized spacial score (nSPS) is 10.3. The monoisotopic (exact) mass is 390 g/mol. The first-order valence-corrected chi connectivity index (χ1v) is 9.34. The molecule has 0 bridgehead atoms. The van der Waals surface area contributed by atoms with Gasteiger partial charge in [0.25, 0.3) is 0 Å². The molecule has 0 heterocycles. The Bertz CT molecular complexity index is 755. The number of carboxylic acid groups (broad SMARTS) is 1. The van der Waals surface area contributed by atoms with Crippen molar-refractivity contribution >= 4 is 16.9 Å². The highest BCUT2D eigenvalue weighted by atomic mass is 32.2. The first kappa shape index (κ1) is 20.6. The Hall–Kier alpha value is -2.73. The minimum Gasteiger partial charge on any atom is -0.550 e. The molecule has 0 spiro atoms. The number of carbonyl (C=O) groups is 1. The number of rotatable bonds is 4. The molecule has 27 heavy (non-hydrogen) atoms. The van der Waals surface area contributed by atoms with Crippen molar-refractivity contribution in [2.24, 2.45) is 0 Å². The van der Waals surface area contributed by atoms with Crippen LogP contribution in [-0.2, 0) is 15.7 Å².